The largest absolute Gasteiger partial charge is 0.497 e. The minimum Gasteiger partial charge on any atom is -0.497 e. The van der Waals surface area contributed by atoms with Crippen LogP contribution in [0.3, 0.4) is 0 Å². The fourth-order valence-corrected chi connectivity index (χ4v) is 4.64. The fraction of sp³-hybridized carbons (Fsp3) is 0.240. The molecule has 2 aliphatic heterocycles. The van der Waals surface area contributed by atoms with Crippen LogP contribution >= 0.6 is 15.9 Å². The quantitative estimate of drug-likeness (QED) is 0.454. The first kappa shape index (κ1) is 20.7. The molecular formula is C25H23BrN2O4. The van der Waals surface area contributed by atoms with Crippen molar-refractivity contribution in [1.82, 2.24) is 5.01 Å². The van der Waals surface area contributed by atoms with Crippen molar-refractivity contribution in [1.29, 1.82) is 0 Å². The Morgan fingerprint density at radius 1 is 0.938 bits per heavy atom. The monoisotopic (exact) mass is 494 g/mol. The molecule has 164 valence electrons. The minimum absolute atomic E-state index is 0.0514. The average Bonchev–Trinajstić information content (AvgIpc) is 3.29. The molecule has 0 radical (unpaired) electrons. The van der Waals surface area contributed by atoms with E-state index in [9.17, 15) is 0 Å². The van der Waals surface area contributed by atoms with Crippen LogP contribution in [0.1, 0.15) is 35.4 Å². The van der Waals surface area contributed by atoms with E-state index in [1.807, 2.05) is 54.6 Å². The van der Waals surface area contributed by atoms with E-state index in [1.54, 1.807) is 21.3 Å². The van der Waals surface area contributed by atoms with E-state index in [0.717, 1.165) is 44.8 Å². The molecule has 5 rings (SSSR count). The lowest BCUT2D eigenvalue weighted by atomic mass is 9.95. The molecule has 3 aromatic rings. The van der Waals surface area contributed by atoms with Crippen LogP contribution in [0.5, 0.6) is 23.0 Å². The van der Waals surface area contributed by atoms with Gasteiger partial charge in [-0.25, -0.2) is 5.01 Å². The van der Waals surface area contributed by atoms with Crippen LogP contribution < -0.4 is 18.9 Å². The molecule has 0 aliphatic carbocycles. The lowest BCUT2D eigenvalue weighted by Crippen LogP contribution is -2.33. The lowest BCUT2D eigenvalue weighted by molar-refractivity contribution is -0.0191. The first-order valence-electron chi connectivity index (χ1n) is 10.3. The maximum atomic E-state index is 6.45. The lowest BCUT2D eigenvalue weighted by Gasteiger charge is -2.38. The molecule has 2 atom stereocenters. The summed E-state index contributed by atoms with van der Waals surface area (Å²) in [7, 11) is 4.94. The molecule has 2 heterocycles. The van der Waals surface area contributed by atoms with E-state index in [-0.39, 0.29) is 12.3 Å². The standard InChI is InChI=1S/C25H23BrN2O4/c1-29-18-6-4-5-16(11-18)25-28-21(19-13-17(26)8-10-22(19)32-25)14-20(27-28)15-7-9-23(30-2)24(12-15)31-3/h4-13,21,25H,14H2,1-3H3/t21-,25-/m1/s1. The maximum absolute atomic E-state index is 6.45. The summed E-state index contributed by atoms with van der Waals surface area (Å²) in [4.78, 5) is 0. The summed E-state index contributed by atoms with van der Waals surface area (Å²) in [6, 6.07) is 20.0. The van der Waals surface area contributed by atoms with Crippen LogP contribution in [0.25, 0.3) is 0 Å². The summed E-state index contributed by atoms with van der Waals surface area (Å²) in [5.41, 5.74) is 4.07. The first-order chi connectivity index (χ1) is 15.6. The molecule has 0 saturated heterocycles. The Morgan fingerprint density at radius 2 is 1.78 bits per heavy atom. The van der Waals surface area contributed by atoms with Gasteiger partial charge in [-0.1, -0.05) is 28.1 Å². The van der Waals surface area contributed by atoms with E-state index >= 15 is 0 Å². The summed E-state index contributed by atoms with van der Waals surface area (Å²) >= 11 is 3.60. The normalized spacial score (nSPS) is 18.9. The molecule has 7 heteroatoms. The Labute approximate surface area is 195 Å². The van der Waals surface area contributed by atoms with E-state index in [1.165, 1.54) is 0 Å². The predicted molar refractivity (Wildman–Crippen MR) is 126 cm³/mol. The topological polar surface area (TPSA) is 52.5 Å². The molecule has 0 amide bonds. The zero-order valence-electron chi connectivity index (χ0n) is 18.0. The molecular weight excluding hydrogens is 472 g/mol. The van der Waals surface area contributed by atoms with Gasteiger partial charge in [0.25, 0.3) is 0 Å². The third kappa shape index (κ3) is 3.56. The number of methoxy groups -OCH3 is 3. The summed E-state index contributed by atoms with van der Waals surface area (Å²) in [5, 5.41) is 7.08. The SMILES string of the molecule is COc1cccc([C@H]2Oc3ccc(Br)cc3[C@H]3CC(c4ccc(OC)c(OC)c4)=NN32)c1. The van der Waals surface area contributed by atoms with Crippen molar-refractivity contribution in [3.63, 3.8) is 0 Å². The highest BCUT2D eigenvalue weighted by atomic mass is 79.9. The molecule has 0 bridgehead atoms. The van der Waals surface area contributed by atoms with Gasteiger partial charge in [-0.2, -0.15) is 5.10 Å². The van der Waals surface area contributed by atoms with Crippen molar-refractivity contribution in [2.75, 3.05) is 21.3 Å². The number of halogens is 1. The van der Waals surface area contributed by atoms with Crippen molar-refractivity contribution in [3.8, 4) is 23.0 Å². The molecule has 2 aliphatic rings. The predicted octanol–water partition coefficient (Wildman–Crippen LogP) is 5.72. The van der Waals surface area contributed by atoms with Gasteiger partial charge in [0, 0.05) is 27.6 Å². The van der Waals surface area contributed by atoms with Crippen LogP contribution in [0.4, 0.5) is 0 Å². The summed E-state index contributed by atoms with van der Waals surface area (Å²) < 4.78 is 23.8. The van der Waals surface area contributed by atoms with E-state index in [2.05, 4.69) is 27.0 Å². The van der Waals surface area contributed by atoms with Crippen LogP contribution in [0.2, 0.25) is 0 Å². The third-order valence-electron chi connectivity index (χ3n) is 5.85. The number of nitrogens with zero attached hydrogens (tertiary/aromatic N) is 2. The van der Waals surface area contributed by atoms with Gasteiger partial charge >= 0.3 is 0 Å². The highest BCUT2D eigenvalue weighted by molar-refractivity contribution is 9.10. The van der Waals surface area contributed by atoms with Crippen molar-refractivity contribution in [2.45, 2.75) is 18.7 Å². The minimum atomic E-state index is -0.360. The number of benzene rings is 3. The number of hydrogen-bond acceptors (Lipinski definition) is 6. The zero-order valence-corrected chi connectivity index (χ0v) is 19.6. The van der Waals surface area contributed by atoms with Gasteiger partial charge < -0.3 is 18.9 Å². The van der Waals surface area contributed by atoms with Gasteiger partial charge in [0.1, 0.15) is 11.5 Å². The summed E-state index contributed by atoms with van der Waals surface area (Å²) in [6.45, 7) is 0. The first-order valence-corrected chi connectivity index (χ1v) is 11.1. The number of ether oxygens (including phenoxy) is 4. The second kappa shape index (κ2) is 8.39. The molecule has 0 aromatic heterocycles. The van der Waals surface area contributed by atoms with Crippen LogP contribution in [0.15, 0.2) is 70.2 Å². The van der Waals surface area contributed by atoms with Crippen molar-refractivity contribution < 1.29 is 18.9 Å². The molecule has 0 saturated carbocycles. The van der Waals surface area contributed by atoms with E-state index in [0.29, 0.717) is 11.5 Å². The second-order valence-electron chi connectivity index (χ2n) is 7.65. The molecule has 0 spiro atoms. The Hall–Kier alpha value is -3.19. The van der Waals surface area contributed by atoms with Gasteiger partial charge in [-0.3, -0.25) is 0 Å². The van der Waals surface area contributed by atoms with Crippen molar-refractivity contribution >= 4 is 21.6 Å². The Morgan fingerprint density at radius 3 is 2.56 bits per heavy atom. The van der Waals surface area contributed by atoms with E-state index < -0.39 is 0 Å². The molecule has 0 unspecified atom stereocenters. The second-order valence-corrected chi connectivity index (χ2v) is 8.56. The van der Waals surface area contributed by atoms with Crippen molar-refractivity contribution in [3.05, 3.63) is 81.8 Å². The Kier molecular flexibility index (Phi) is 5.43. The van der Waals surface area contributed by atoms with E-state index in [4.69, 9.17) is 24.0 Å². The molecule has 3 aromatic carbocycles. The molecule has 0 fully saturated rings. The highest BCUT2D eigenvalue weighted by Gasteiger charge is 2.41. The maximum Gasteiger partial charge on any atom is 0.214 e. The molecule has 32 heavy (non-hydrogen) atoms. The van der Waals surface area contributed by atoms with Crippen molar-refractivity contribution in [2.24, 2.45) is 5.10 Å². The summed E-state index contributed by atoms with van der Waals surface area (Å²) in [6.07, 6.45) is 0.393. The molecule has 0 N–H and O–H groups in total. The summed E-state index contributed by atoms with van der Waals surface area (Å²) in [5.74, 6) is 3.03. The number of fused-ring (bicyclic) bond motifs is 3. The number of hydrogen-bond donors (Lipinski definition) is 0. The van der Waals surface area contributed by atoms with Gasteiger partial charge in [-0.15, -0.1) is 0 Å². The van der Waals surface area contributed by atoms with Crippen LogP contribution in [-0.2, 0) is 0 Å². The average molecular weight is 495 g/mol. The number of hydrazone groups is 1. The van der Waals surface area contributed by atoms with Crippen LogP contribution in [-0.4, -0.2) is 32.0 Å². The van der Waals surface area contributed by atoms with Gasteiger partial charge in [0.15, 0.2) is 11.5 Å². The molecule has 6 nitrogen and oxygen atoms in total. The fourth-order valence-electron chi connectivity index (χ4n) is 4.26. The number of rotatable bonds is 5. The Balaban J connectivity index is 1.59. The Bertz CT molecular complexity index is 1200. The van der Waals surface area contributed by atoms with Gasteiger partial charge in [-0.05, 0) is 48.5 Å². The zero-order chi connectivity index (χ0) is 22.2. The van der Waals surface area contributed by atoms with Gasteiger partial charge in [0.05, 0.1) is 33.1 Å². The van der Waals surface area contributed by atoms with Crippen LogP contribution in [0, 0.1) is 0 Å². The highest BCUT2D eigenvalue weighted by Crippen LogP contribution is 2.48. The smallest absolute Gasteiger partial charge is 0.214 e. The third-order valence-corrected chi connectivity index (χ3v) is 6.34. The van der Waals surface area contributed by atoms with Gasteiger partial charge in [0.2, 0.25) is 6.23 Å².